The second-order valence-corrected chi connectivity index (χ2v) is 4.17. The number of aliphatic hydroxyl groups excluding tert-OH is 1. The van der Waals surface area contributed by atoms with Crippen LogP contribution in [0.15, 0.2) is 0 Å². The Morgan fingerprint density at radius 1 is 1.38 bits per heavy atom. The van der Waals surface area contributed by atoms with E-state index in [4.69, 9.17) is 10.2 Å². The fraction of sp³-hybridized carbons (Fsp3) is 0.800. The maximum Gasteiger partial charge on any atom is 0.328 e. The Balaban J connectivity index is 2.30. The molecular weight excluding hydrogens is 212 g/mol. The summed E-state index contributed by atoms with van der Waals surface area (Å²) in [5.41, 5.74) is 0. The summed E-state index contributed by atoms with van der Waals surface area (Å²) in [5.74, 6) is -0.753. The Bertz CT molecular complexity index is 266. The molecule has 6 heteroatoms. The molecule has 1 unspecified atom stereocenters. The van der Waals surface area contributed by atoms with E-state index in [0.29, 0.717) is 5.92 Å². The number of hydrogen-bond donors (Lipinski definition) is 4. The molecule has 16 heavy (non-hydrogen) atoms. The lowest BCUT2D eigenvalue weighted by Gasteiger charge is -2.32. The number of carboxylic acids is 1. The predicted molar refractivity (Wildman–Crippen MR) is 57.0 cm³/mol. The van der Waals surface area contributed by atoms with Crippen LogP contribution in [0.5, 0.6) is 0 Å². The van der Waals surface area contributed by atoms with Gasteiger partial charge < -0.3 is 20.8 Å². The summed E-state index contributed by atoms with van der Waals surface area (Å²) in [6.07, 6.45) is 3.39. The topological polar surface area (TPSA) is 98.7 Å². The second-order valence-electron chi connectivity index (χ2n) is 4.17. The monoisotopic (exact) mass is 230 g/mol. The van der Waals surface area contributed by atoms with Crippen molar-refractivity contribution in [2.75, 3.05) is 6.61 Å². The quantitative estimate of drug-likeness (QED) is 0.531. The van der Waals surface area contributed by atoms with Gasteiger partial charge in [0.2, 0.25) is 0 Å². The minimum absolute atomic E-state index is 0.0434. The van der Waals surface area contributed by atoms with Gasteiger partial charge in [0, 0.05) is 6.04 Å². The Kier molecular flexibility index (Phi) is 4.54. The van der Waals surface area contributed by atoms with Crippen LogP contribution in [-0.4, -0.2) is 40.9 Å². The third kappa shape index (κ3) is 3.37. The van der Waals surface area contributed by atoms with Crippen LogP contribution in [0, 0.1) is 5.92 Å². The molecule has 2 amide bonds. The Morgan fingerprint density at radius 2 is 2.00 bits per heavy atom. The summed E-state index contributed by atoms with van der Waals surface area (Å²) in [6.45, 7) is 1.29. The molecule has 92 valence electrons. The van der Waals surface area contributed by atoms with Crippen LogP contribution < -0.4 is 10.6 Å². The van der Waals surface area contributed by atoms with E-state index in [9.17, 15) is 9.59 Å². The van der Waals surface area contributed by atoms with Crippen molar-refractivity contribution in [3.8, 4) is 0 Å². The molecule has 0 saturated heterocycles. The molecule has 0 aliphatic heterocycles. The summed E-state index contributed by atoms with van der Waals surface area (Å²) in [5, 5.41) is 22.2. The van der Waals surface area contributed by atoms with Crippen molar-refractivity contribution in [2.45, 2.75) is 38.3 Å². The molecule has 1 fully saturated rings. The van der Waals surface area contributed by atoms with Crippen molar-refractivity contribution in [3.63, 3.8) is 0 Å². The van der Waals surface area contributed by atoms with E-state index in [2.05, 4.69) is 10.6 Å². The van der Waals surface area contributed by atoms with Gasteiger partial charge in [-0.05, 0) is 25.7 Å². The summed E-state index contributed by atoms with van der Waals surface area (Å²) >= 11 is 0. The van der Waals surface area contributed by atoms with Gasteiger partial charge >= 0.3 is 12.0 Å². The first-order valence-electron chi connectivity index (χ1n) is 5.45. The van der Waals surface area contributed by atoms with Crippen molar-refractivity contribution in [1.29, 1.82) is 0 Å². The average molecular weight is 230 g/mol. The lowest BCUT2D eigenvalue weighted by molar-refractivity contribution is -0.140. The van der Waals surface area contributed by atoms with E-state index in [-0.39, 0.29) is 6.04 Å². The van der Waals surface area contributed by atoms with Crippen LogP contribution in [0.2, 0.25) is 0 Å². The summed E-state index contributed by atoms with van der Waals surface area (Å²) in [7, 11) is 0. The van der Waals surface area contributed by atoms with E-state index in [0.717, 1.165) is 12.8 Å². The van der Waals surface area contributed by atoms with Gasteiger partial charge in [-0.1, -0.05) is 6.42 Å². The highest BCUT2D eigenvalue weighted by Gasteiger charge is 2.26. The number of urea groups is 1. The largest absolute Gasteiger partial charge is 0.480 e. The Hall–Kier alpha value is -1.30. The fourth-order valence-electron chi connectivity index (χ4n) is 1.65. The van der Waals surface area contributed by atoms with Crippen molar-refractivity contribution in [3.05, 3.63) is 0 Å². The zero-order valence-corrected chi connectivity index (χ0v) is 9.27. The molecule has 0 bridgehead atoms. The summed E-state index contributed by atoms with van der Waals surface area (Å²) in [4.78, 5) is 21.9. The van der Waals surface area contributed by atoms with Gasteiger partial charge in [0.25, 0.3) is 0 Å². The second kappa shape index (κ2) is 5.69. The third-order valence-corrected chi connectivity index (χ3v) is 3.00. The minimum Gasteiger partial charge on any atom is -0.480 e. The molecule has 2 atom stereocenters. The Morgan fingerprint density at radius 3 is 2.38 bits per heavy atom. The van der Waals surface area contributed by atoms with Crippen molar-refractivity contribution in [2.24, 2.45) is 5.92 Å². The molecule has 1 aliphatic carbocycles. The van der Waals surface area contributed by atoms with Gasteiger partial charge in [-0.3, -0.25) is 0 Å². The van der Waals surface area contributed by atoms with Crippen LogP contribution in [0.1, 0.15) is 26.2 Å². The van der Waals surface area contributed by atoms with Gasteiger partial charge in [0.15, 0.2) is 6.04 Å². The molecule has 0 heterocycles. The van der Waals surface area contributed by atoms with E-state index in [1.807, 2.05) is 6.92 Å². The number of hydrogen-bond acceptors (Lipinski definition) is 3. The third-order valence-electron chi connectivity index (χ3n) is 3.00. The maximum atomic E-state index is 11.4. The van der Waals surface area contributed by atoms with Gasteiger partial charge in [0.1, 0.15) is 0 Å². The van der Waals surface area contributed by atoms with Crippen LogP contribution in [0.4, 0.5) is 4.79 Å². The van der Waals surface area contributed by atoms with E-state index in [1.165, 1.54) is 6.42 Å². The molecule has 0 spiro atoms. The van der Waals surface area contributed by atoms with Crippen LogP contribution in [0.3, 0.4) is 0 Å². The predicted octanol–water partition coefficient (Wildman–Crippen LogP) is -0.0803. The highest BCUT2D eigenvalue weighted by atomic mass is 16.4. The summed E-state index contributed by atoms with van der Waals surface area (Å²) < 4.78 is 0. The van der Waals surface area contributed by atoms with Crippen molar-refractivity contribution in [1.82, 2.24) is 10.6 Å². The van der Waals surface area contributed by atoms with E-state index < -0.39 is 24.6 Å². The Labute approximate surface area is 94.0 Å². The average Bonchev–Trinajstić information content (AvgIpc) is 2.10. The molecule has 0 aromatic rings. The number of aliphatic hydroxyl groups is 1. The SMILES string of the molecule is CC(NC(=O)N[C@H](CO)C(=O)O)C1CCC1. The number of aliphatic carboxylic acids is 1. The summed E-state index contributed by atoms with van der Waals surface area (Å²) in [6, 6.07) is -1.74. The number of carbonyl (C=O) groups excluding carboxylic acids is 1. The first-order valence-corrected chi connectivity index (χ1v) is 5.45. The smallest absolute Gasteiger partial charge is 0.328 e. The molecule has 0 radical (unpaired) electrons. The lowest BCUT2D eigenvalue weighted by Crippen LogP contribution is -2.51. The first-order chi connectivity index (χ1) is 7.54. The highest BCUT2D eigenvalue weighted by molar-refractivity contribution is 5.82. The van der Waals surface area contributed by atoms with E-state index >= 15 is 0 Å². The van der Waals surface area contributed by atoms with Crippen molar-refractivity contribution >= 4 is 12.0 Å². The van der Waals surface area contributed by atoms with Gasteiger partial charge in [-0.15, -0.1) is 0 Å². The van der Waals surface area contributed by atoms with Gasteiger partial charge in [-0.2, -0.15) is 0 Å². The van der Waals surface area contributed by atoms with Crippen LogP contribution in [-0.2, 0) is 4.79 Å². The zero-order chi connectivity index (χ0) is 12.1. The molecule has 6 nitrogen and oxygen atoms in total. The maximum absolute atomic E-state index is 11.4. The molecular formula is C10H18N2O4. The first kappa shape index (κ1) is 12.8. The normalized spacial score (nSPS) is 19.4. The number of rotatable bonds is 5. The molecule has 0 aromatic carbocycles. The van der Waals surface area contributed by atoms with E-state index in [1.54, 1.807) is 0 Å². The highest BCUT2D eigenvalue weighted by Crippen LogP contribution is 2.29. The molecule has 1 rings (SSSR count). The van der Waals surface area contributed by atoms with Crippen LogP contribution in [0.25, 0.3) is 0 Å². The minimum atomic E-state index is -1.24. The number of carboxylic acid groups (broad SMARTS) is 1. The molecule has 1 saturated carbocycles. The standard InChI is InChI=1S/C10H18N2O4/c1-6(7-3-2-4-7)11-10(16)12-8(5-13)9(14)15/h6-8,13H,2-5H2,1H3,(H,14,15)(H2,11,12,16)/t6?,8-/m1/s1. The molecule has 1 aliphatic rings. The molecule has 4 N–H and O–H groups in total. The van der Waals surface area contributed by atoms with Crippen molar-refractivity contribution < 1.29 is 19.8 Å². The fourth-order valence-corrected chi connectivity index (χ4v) is 1.65. The molecule has 0 aromatic heterocycles. The lowest BCUT2D eigenvalue weighted by atomic mass is 9.80. The number of carbonyl (C=O) groups is 2. The van der Waals surface area contributed by atoms with Crippen LogP contribution >= 0.6 is 0 Å². The number of nitrogens with one attached hydrogen (secondary N) is 2. The number of amides is 2. The zero-order valence-electron chi connectivity index (χ0n) is 9.27. The van der Waals surface area contributed by atoms with Gasteiger partial charge in [0.05, 0.1) is 6.61 Å². The van der Waals surface area contributed by atoms with Gasteiger partial charge in [-0.25, -0.2) is 9.59 Å².